The molecule has 0 aliphatic heterocycles. The number of hydrogen-bond donors (Lipinski definition) is 2. The van der Waals surface area contributed by atoms with Crippen LogP contribution >= 0.6 is 0 Å². The number of nitrogens with zero attached hydrogens (tertiary/aromatic N) is 1. The highest BCUT2D eigenvalue weighted by Gasteiger charge is 2.19. The Morgan fingerprint density at radius 1 is 1.25 bits per heavy atom. The van der Waals surface area contributed by atoms with Crippen LogP contribution in [-0.2, 0) is 17.6 Å². The molecular formula is C19H20N2O3. The van der Waals surface area contributed by atoms with Gasteiger partial charge in [-0.3, -0.25) is 4.79 Å². The number of phenolic OH excluding ortho intramolecular Hbond substituents is 1. The minimum atomic E-state index is -0.829. The van der Waals surface area contributed by atoms with Crippen molar-refractivity contribution in [2.75, 3.05) is 12.4 Å². The molecule has 0 radical (unpaired) electrons. The summed E-state index contributed by atoms with van der Waals surface area (Å²) in [6.07, 6.45) is 1.17. The van der Waals surface area contributed by atoms with E-state index in [1.54, 1.807) is 12.1 Å². The van der Waals surface area contributed by atoms with Crippen molar-refractivity contribution in [1.29, 1.82) is 5.26 Å². The van der Waals surface area contributed by atoms with E-state index in [0.29, 0.717) is 11.4 Å². The maximum absolute atomic E-state index is 12.3. The van der Waals surface area contributed by atoms with Crippen LogP contribution in [0.3, 0.4) is 0 Å². The highest BCUT2D eigenvalue weighted by Crippen LogP contribution is 2.27. The second kappa shape index (κ2) is 8.02. The molecule has 0 aliphatic rings. The van der Waals surface area contributed by atoms with Gasteiger partial charge < -0.3 is 15.2 Å². The van der Waals surface area contributed by atoms with Crippen LogP contribution in [0.2, 0.25) is 0 Å². The molecule has 0 saturated heterocycles. The van der Waals surface area contributed by atoms with E-state index in [1.807, 2.05) is 30.3 Å². The molecule has 0 aromatic heterocycles. The van der Waals surface area contributed by atoms with Crippen LogP contribution in [0.5, 0.6) is 11.5 Å². The number of nitrogens with one attached hydrogen (secondary N) is 1. The molecule has 2 aromatic rings. The molecule has 124 valence electrons. The summed E-state index contributed by atoms with van der Waals surface area (Å²) in [5.41, 5.74) is 2.59. The molecule has 0 heterocycles. The fraction of sp³-hybridized carbons (Fsp3) is 0.263. The Bertz CT molecular complexity index is 748. The van der Waals surface area contributed by atoms with E-state index in [9.17, 15) is 15.2 Å². The molecule has 0 aliphatic carbocycles. The topological polar surface area (TPSA) is 82.4 Å². The number of benzene rings is 2. The zero-order valence-corrected chi connectivity index (χ0v) is 13.7. The number of aryl methyl sites for hydroxylation is 1. The monoisotopic (exact) mass is 324 g/mol. The molecule has 0 fully saturated rings. The minimum Gasteiger partial charge on any atom is -0.504 e. The van der Waals surface area contributed by atoms with Gasteiger partial charge in [0, 0.05) is 5.69 Å². The number of carbonyl (C=O) groups is 1. The predicted molar refractivity (Wildman–Crippen MR) is 91.9 cm³/mol. The first-order valence-electron chi connectivity index (χ1n) is 7.72. The number of nitriles is 1. The Morgan fingerprint density at radius 2 is 1.92 bits per heavy atom. The van der Waals surface area contributed by atoms with Gasteiger partial charge in [0.05, 0.1) is 13.2 Å². The summed E-state index contributed by atoms with van der Waals surface area (Å²) in [6, 6.07) is 14.4. The first kappa shape index (κ1) is 17.4. The zero-order valence-electron chi connectivity index (χ0n) is 13.7. The fourth-order valence-corrected chi connectivity index (χ4v) is 2.33. The van der Waals surface area contributed by atoms with Crippen molar-refractivity contribution in [2.45, 2.75) is 19.8 Å². The number of anilines is 1. The molecular weight excluding hydrogens is 304 g/mol. The Labute approximate surface area is 141 Å². The zero-order chi connectivity index (χ0) is 17.5. The molecule has 1 atom stereocenters. The van der Waals surface area contributed by atoms with Gasteiger partial charge >= 0.3 is 0 Å². The molecule has 2 rings (SSSR count). The van der Waals surface area contributed by atoms with Gasteiger partial charge in [-0.2, -0.15) is 5.26 Å². The van der Waals surface area contributed by atoms with E-state index < -0.39 is 5.92 Å². The van der Waals surface area contributed by atoms with Crippen molar-refractivity contribution in [3.05, 3.63) is 53.6 Å². The van der Waals surface area contributed by atoms with Gasteiger partial charge in [0.25, 0.3) is 0 Å². The van der Waals surface area contributed by atoms with Crippen LogP contribution in [0, 0.1) is 17.2 Å². The summed E-state index contributed by atoms with van der Waals surface area (Å²) >= 11 is 0. The SMILES string of the molecule is CCc1ccc(NC(=O)[C@H](C#N)Cc2ccc(O)c(OC)c2)cc1. The third kappa shape index (κ3) is 4.26. The van der Waals surface area contributed by atoms with Crippen molar-refractivity contribution in [2.24, 2.45) is 5.92 Å². The lowest BCUT2D eigenvalue weighted by atomic mass is 9.99. The Balaban J connectivity index is 2.07. The molecule has 0 saturated carbocycles. The normalized spacial score (nSPS) is 11.4. The second-order valence-electron chi connectivity index (χ2n) is 5.43. The maximum Gasteiger partial charge on any atom is 0.242 e. The summed E-state index contributed by atoms with van der Waals surface area (Å²) in [5.74, 6) is -0.839. The summed E-state index contributed by atoms with van der Waals surface area (Å²) in [4.78, 5) is 12.3. The molecule has 5 nitrogen and oxygen atoms in total. The number of amides is 1. The number of phenols is 1. The van der Waals surface area contributed by atoms with Crippen LogP contribution in [0.25, 0.3) is 0 Å². The summed E-state index contributed by atoms with van der Waals surface area (Å²) in [6.45, 7) is 2.06. The van der Waals surface area contributed by atoms with Crippen molar-refractivity contribution < 1.29 is 14.6 Å². The van der Waals surface area contributed by atoms with Crippen LogP contribution in [0.15, 0.2) is 42.5 Å². The minimum absolute atomic E-state index is 0.0234. The van der Waals surface area contributed by atoms with Crippen LogP contribution in [0.1, 0.15) is 18.1 Å². The van der Waals surface area contributed by atoms with E-state index in [0.717, 1.165) is 12.0 Å². The molecule has 0 unspecified atom stereocenters. The third-order valence-corrected chi connectivity index (χ3v) is 3.79. The number of carbonyl (C=O) groups excluding carboxylic acids is 1. The third-order valence-electron chi connectivity index (χ3n) is 3.79. The highest BCUT2D eigenvalue weighted by atomic mass is 16.5. The molecule has 5 heteroatoms. The number of methoxy groups -OCH3 is 1. The molecule has 0 spiro atoms. The number of ether oxygens (including phenoxy) is 1. The average Bonchev–Trinajstić information content (AvgIpc) is 2.61. The van der Waals surface area contributed by atoms with Gasteiger partial charge in [0.2, 0.25) is 5.91 Å². The van der Waals surface area contributed by atoms with E-state index in [-0.39, 0.29) is 18.1 Å². The maximum atomic E-state index is 12.3. The molecule has 1 amide bonds. The van der Waals surface area contributed by atoms with Crippen LogP contribution in [0.4, 0.5) is 5.69 Å². The Kier molecular flexibility index (Phi) is 5.80. The van der Waals surface area contributed by atoms with Crippen LogP contribution < -0.4 is 10.1 Å². The van der Waals surface area contributed by atoms with E-state index in [2.05, 4.69) is 12.2 Å². The molecule has 24 heavy (non-hydrogen) atoms. The van der Waals surface area contributed by atoms with Crippen molar-refractivity contribution in [3.8, 4) is 17.6 Å². The van der Waals surface area contributed by atoms with Crippen molar-refractivity contribution >= 4 is 11.6 Å². The number of hydrogen-bond acceptors (Lipinski definition) is 4. The van der Waals surface area contributed by atoms with Gasteiger partial charge in [-0.1, -0.05) is 25.1 Å². The van der Waals surface area contributed by atoms with Crippen LogP contribution in [-0.4, -0.2) is 18.1 Å². The summed E-state index contributed by atoms with van der Waals surface area (Å²) < 4.78 is 5.05. The summed E-state index contributed by atoms with van der Waals surface area (Å²) in [7, 11) is 1.45. The molecule has 2 aromatic carbocycles. The van der Waals surface area contributed by atoms with Crippen molar-refractivity contribution in [3.63, 3.8) is 0 Å². The quantitative estimate of drug-likeness (QED) is 0.854. The van der Waals surface area contributed by atoms with Crippen molar-refractivity contribution in [1.82, 2.24) is 0 Å². The Morgan fingerprint density at radius 3 is 2.50 bits per heavy atom. The van der Waals surface area contributed by atoms with Gasteiger partial charge in [-0.25, -0.2) is 0 Å². The molecule has 2 N–H and O–H groups in total. The summed E-state index contributed by atoms with van der Waals surface area (Å²) in [5, 5.41) is 21.7. The van der Waals surface area contributed by atoms with Gasteiger partial charge in [0.15, 0.2) is 11.5 Å². The first-order valence-corrected chi connectivity index (χ1v) is 7.72. The first-order chi connectivity index (χ1) is 11.6. The van der Waals surface area contributed by atoms with Gasteiger partial charge in [0.1, 0.15) is 5.92 Å². The fourth-order valence-electron chi connectivity index (χ4n) is 2.33. The lowest BCUT2D eigenvalue weighted by Gasteiger charge is -2.12. The lowest BCUT2D eigenvalue weighted by Crippen LogP contribution is -2.23. The van der Waals surface area contributed by atoms with Gasteiger partial charge in [-0.05, 0) is 48.2 Å². The number of rotatable bonds is 6. The van der Waals surface area contributed by atoms with E-state index >= 15 is 0 Å². The average molecular weight is 324 g/mol. The van der Waals surface area contributed by atoms with Gasteiger partial charge in [-0.15, -0.1) is 0 Å². The predicted octanol–water partition coefficient (Wildman–Crippen LogP) is 3.28. The lowest BCUT2D eigenvalue weighted by molar-refractivity contribution is -0.118. The number of aromatic hydroxyl groups is 1. The standard InChI is InChI=1S/C19H20N2O3/c1-3-13-4-7-16(8-5-13)21-19(23)15(12-20)10-14-6-9-17(22)18(11-14)24-2/h4-9,11,15,22H,3,10H2,1-2H3,(H,21,23)/t15-/m0/s1. The largest absolute Gasteiger partial charge is 0.504 e. The second-order valence-corrected chi connectivity index (χ2v) is 5.43. The Hall–Kier alpha value is -3.00. The molecule has 0 bridgehead atoms. The highest BCUT2D eigenvalue weighted by molar-refractivity contribution is 5.94. The smallest absolute Gasteiger partial charge is 0.242 e. The van der Waals surface area contributed by atoms with E-state index in [4.69, 9.17) is 4.74 Å². The van der Waals surface area contributed by atoms with E-state index in [1.165, 1.54) is 18.7 Å².